The van der Waals surface area contributed by atoms with Crippen molar-refractivity contribution in [2.75, 3.05) is 51.2 Å². The van der Waals surface area contributed by atoms with Crippen molar-refractivity contribution in [1.29, 1.82) is 0 Å². The molecule has 0 spiro atoms. The van der Waals surface area contributed by atoms with E-state index in [1.807, 2.05) is 0 Å². The first-order chi connectivity index (χ1) is 15.9. The van der Waals surface area contributed by atoms with Gasteiger partial charge in [-0.05, 0) is 38.6 Å². The second-order valence-corrected chi connectivity index (χ2v) is 8.81. The van der Waals surface area contributed by atoms with Gasteiger partial charge in [-0.15, -0.1) is 0 Å². The normalized spacial score (nSPS) is 14.7. The Morgan fingerprint density at radius 3 is 2.58 bits per heavy atom. The summed E-state index contributed by atoms with van der Waals surface area (Å²) in [6.07, 6.45) is 0. The summed E-state index contributed by atoms with van der Waals surface area (Å²) in [4.78, 5) is 18.1. The molecule has 0 unspecified atom stereocenters. The molecular weight excluding hydrogens is 418 g/mol. The summed E-state index contributed by atoms with van der Waals surface area (Å²) in [5.74, 6) is 0.699. The van der Waals surface area contributed by atoms with E-state index in [2.05, 4.69) is 59.0 Å². The van der Waals surface area contributed by atoms with Crippen molar-refractivity contribution in [2.45, 2.75) is 20.4 Å². The summed E-state index contributed by atoms with van der Waals surface area (Å²) in [6, 6.07) is 15.1. The van der Waals surface area contributed by atoms with Gasteiger partial charge in [-0.25, -0.2) is 0 Å². The van der Waals surface area contributed by atoms with Crippen LogP contribution in [0.2, 0.25) is 0 Å². The number of piperazine rings is 1. The minimum Gasteiger partial charge on any atom is -0.369 e. The van der Waals surface area contributed by atoms with Crippen molar-refractivity contribution in [3.63, 3.8) is 0 Å². The van der Waals surface area contributed by atoms with Crippen molar-refractivity contribution in [2.24, 2.45) is 0 Å². The Morgan fingerprint density at radius 2 is 1.85 bits per heavy atom. The van der Waals surface area contributed by atoms with Gasteiger partial charge in [0.05, 0.1) is 17.0 Å². The first-order valence-electron chi connectivity index (χ1n) is 11.3. The minimum atomic E-state index is -0.393. The van der Waals surface area contributed by atoms with Gasteiger partial charge in [0.15, 0.2) is 5.76 Å². The Labute approximate surface area is 194 Å². The summed E-state index contributed by atoms with van der Waals surface area (Å²) in [5, 5.41) is 15.3. The highest BCUT2D eigenvalue weighted by Crippen LogP contribution is 2.29. The lowest BCUT2D eigenvalue weighted by molar-refractivity contribution is -0.384. The largest absolute Gasteiger partial charge is 0.369 e. The van der Waals surface area contributed by atoms with Gasteiger partial charge >= 0.3 is 0 Å². The fourth-order valence-corrected chi connectivity index (χ4v) is 4.39. The first kappa shape index (κ1) is 22.9. The average Bonchev–Trinajstić information content (AvgIpc) is 3.26. The summed E-state index contributed by atoms with van der Waals surface area (Å²) in [7, 11) is 2.05. The molecule has 0 radical (unpaired) electrons. The van der Waals surface area contributed by atoms with Crippen molar-refractivity contribution in [3.05, 3.63) is 75.5 Å². The Morgan fingerprint density at radius 1 is 1.09 bits per heavy atom. The summed E-state index contributed by atoms with van der Waals surface area (Å²) >= 11 is 0. The molecule has 3 aromatic rings. The predicted octanol–water partition coefficient (Wildman–Crippen LogP) is 4.12. The maximum atomic E-state index is 11.3. The number of benzene rings is 2. The van der Waals surface area contributed by atoms with Crippen LogP contribution in [-0.2, 0) is 6.54 Å². The van der Waals surface area contributed by atoms with Crippen LogP contribution < -0.4 is 4.90 Å². The van der Waals surface area contributed by atoms with Gasteiger partial charge in [-0.3, -0.25) is 19.9 Å². The lowest BCUT2D eigenvalue weighted by atomic mass is 10.1. The van der Waals surface area contributed by atoms with Gasteiger partial charge in [0.2, 0.25) is 0 Å². The van der Waals surface area contributed by atoms with E-state index in [-0.39, 0.29) is 5.69 Å². The van der Waals surface area contributed by atoms with Crippen LogP contribution in [0.1, 0.15) is 16.9 Å². The quantitative estimate of drug-likeness (QED) is 0.378. The van der Waals surface area contributed by atoms with Crippen LogP contribution in [0.15, 0.2) is 53.1 Å². The van der Waals surface area contributed by atoms with Gasteiger partial charge in [-0.1, -0.05) is 35.0 Å². The van der Waals surface area contributed by atoms with E-state index < -0.39 is 4.92 Å². The molecule has 8 nitrogen and oxygen atoms in total. The van der Waals surface area contributed by atoms with E-state index in [1.165, 1.54) is 22.9 Å². The lowest BCUT2D eigenvalue weighted by Gasteiger charge is -2.37. The van der Waals surface area contributed by atoms with Crippen LogP contribution in [0, 0.1) is 24.0 Å². The van der Waals surface area contributed by atoms with Crippen LogP contribution in [0.5, 0.6) is 0 Å². The maximum absolute atomic E-state index is 11.3. The fourth-order valence-electron chi connectivity index (χ4n) is 4.39. The molecule has 0 atom stereocenters. The molecule has 33 heavy (non-hydrogen) atoms. The molecule has 1 aliphatic rings. The maximum Gasteiger partial charge on any atom is 0.278 e. The number of anilines is 1. The topological polar surface area (TPSA) is 78.9 Å². The highest BCUT2D eigenvalue weighted by molar-refractivity contribution is 5.70. The number of nitrogens with zero attached hydrogens (tertiary/aromatic N) is 5. The van der Waals surface area contributed by atoms with Crippen LogP contribution >= 0.6 is 0 Å². The second kappa shape index (κ2) is 10.1. The summed E-state index contributed by atoms with van der Waals surface area (Å²) in [5.41, 5.74) is 4.99. The zero-order chi connectivity index (χ0) is 23.4. The van der Waals surface area contributed by atoms with Gasteiger partial charge in [0, 0.05) is 57.1 Å². The van der Waals surface area contributed by atoms with E-state index in [9.17, 15) is 10.1 Å². The van der Waals surface area contributed by atoms with Gasteiger partial charge in [0.25, 0.3) is 5.69 Å². The highest BCUT2D eigenvalue weighted by atomic mass is 16.6. The molecule has 8 heteroatoms. The monoisotopic (exact) mass is 449 g/mol. The number of hydrogen-bond donors (Lipinski definition) is 0. The van der Waals surface area contributed by atoms with Crippen LogP contribution in [0.25, 0.3) is 11.3 Å². The van der Waals surface area contributed by atoms with Crippen molar-refractivity contribution >= 4 is 11.4 Å². The molecule has 1 aliphatic heterocycles. The molecule has 174 valence electrons. The van der Waals surface area contributed by atoms with E-state index in [0.29, 0.717) is 23.6 Å². The Kier molecular flexibility index (Phi) is 7.05. The molecule has 0 aliphatic carbocycles. The van der Waals surface area contributed by atoms with Crippen LogP contribution in [-0.4, -0.2) is 66.2 Å². The van der Waals surface area contributed by atoms with Gasteiger partial charge in [0.1, 0.15) is 5.69 Å². The third kappa shape index (κ3) is 5.58. The van der Waals surface area contributed by atoms with E-state index in [4.69, 9.17) is 4.52 Å². The van der Waals surface area contributed by atoms with Crippen molar-refractivity contribution in [3.8, 4) is 11.3 Å². The average molecular weight is 450 g/mol. The zero-order valence-electron chi connectivity index (χ0n) is 19.5. The Bertz CT molecular complexity index is 1100. The van der Waals surface area contributed by atoms with E-state index in [0.717, 1.165) is 39.3 Å². The third-order valence-corrected chi connectivity index (χ3v) is 6.22. The second-order valence-electron chi connectivity index (χ2n) is 8.81. The molecule has 1 fully saturated rings. The third-order valence-electron chi connectivity index (χ3n) is 6.22. The molecule has 0 N–H and O–H groups in total. The molecule has 2 aromatic carbocycles. The van der Waals surface area contributed by atoms with E-state index in [1.54, 1.807) is 24.3 Å². The molecule has 2 heterocycles. The molecule has 0 saturated carbocycles. The first-order valence-corrected chi connectivity index (χ1v) is 11.3. The number of nitro groups is 1. The molecule has 0 bridgehead atoms. The fraction of sp³-hybridized carbons (Fsp3) is 0.400. The number of aryl methyl sites for hydroxylation is 2. The summed E-state index contributed by atoms with van der Waals surface area (Å²) < 4.78 is 5.46. The number of hydrogen-bond acceptors (Lipinski definition) is 7. The molecule has 0 amide bonds. The number of nitro benzene ring substituents is 1. The van der Waals surface area contributed by atoms with E-state index >= 15 is 0 Å². The molecule has 4 rings (SSSR count). The van der Waals surface area contributed by atoms with Gasteiger partial charge < -0.3 is 9.42 Å². The van der Waals surface area contributed by atoms with Crippen molar-refractivity contribution < 1.29 is 9.45 Å². The van der Waals surface area contributed by atoms with Crippen LogP contribution in [0.3, 0.4) is 0 Å². The number of para-hydroxylation sites is 1. The Balaban J connectivity index is 1.26. The zero-order valence-corrected chi connectivity index (χ0v) is 19.5. The smallest absolute Gasteiger partial charge is 0.278 e. The lowest BCUT2D eigenvalue weighted by Crippen LogP contribution is -2.48. The highest BCUT2D eigenvalue weighted by Gasteiger charge is 2.20. The molecular formula is C25H31N5O3. The molecule has 1 saturated heterocycles. The number of likely N-dealkylation sites (N-methyl/N-ethyl adjacent to an activating group) is 1. The summed E-state index contributed by atoms with van der Waals surface area (Å²) in [6.45, 7) is 11.0. The SMILES string of the molecule is Cc1ccc(N2CCN(CCN(C)Cc3cc(-c4ccccc4[N+](=O)[O-])no3)CC2)c(C)c1. The van der Waals surface area contributed by atoms with Crippen molar-refractivity contribution in [1.82, 2.24) is 15.0 Å². The van der Waals surface area contributed by atoms with Crippen LogP contribution in [0.4, 0.5) is 11.4 Å². The number of aromatic nitrogens is 1. The Hall–Kier alpha value is -3.23. The predicted molar refractivity (Wildman–Crippen MR) is 129 cm³/mol. The molecule has 1 aromatic heterocycles. The minimum absolute atomic E-state index is 0.0330. The number of rotatable bonds is 8. The standard InChI is InChI=1S/C25H31N5O3/c1-19-8-9-24(20(2)16-19)29-14-12-28(13-15-29)11-10-27(3)18-21-17-23(26-33-21)22-6-4-5-7-25(22)30(31)32/h4-9,16-17H,10-15,18H2,1-3H3. The van der Waals surface area contributed by atoms with Gasteiger partial charge in [-0.2, -0.15) is 0 Å².